The van der Waals surface area contributed by atoms with Crippen LogP contribution in [0.5, 0.6) is 0 Å². The standard InChI is InChI=1S/C14H27N3O3S/c18-21(19,16-6-1-2-7-16)17-8-3-5-15(9-10-17)12-14-4-11-20-13-14/h14H,1-13H2. The Bertz CT molecular complexity index is 431. The largest absolute Gasteiger partial charge is 0.381 e. The van der Waals surface area contributed by atoms with E-state index < -0.39 is 10.2 Å². The van der Waals surface area contributed by atoms with Crippen molar-refractivity contribution in [3.8, 4) is 0 Å². The van der Waals surface area contributed by atoms with Crippen molar-refractivity contribution >= 4 is 10.2 Å². The Morgan fingerprint density at radius 3 is 2.33 bits per heavy atom. The molecule has 21 heavy (non-hydrogen) atoms. The van der Waals surface area contributed by atoms with Crippen molar-refractivity contribution in [2.45, 2.75) is 25.7 Å². The Balaban J connectivity index is 1.54. The lowest BCUT2D eigenvalue weighted by molar-refractivity contribution is 0.168. The van der Waals surface area contributed by atoms with Gasteiger partial charge in [0.25, 0.3) is 10.2 Å². The van der Waals surface area contributed by atoms with Crippen molar-refractivity contribution in [2.75, 3.05) is 59.0 Å². The summed E-state index contributed by atoms with van der Waals surface area (Å²) < 4.78 is 34.0. The molecule has 7 heteroatoms. The molecule has 6 nitrogen and oxygen atoms in total. The first-order valence-corrected chi connectivity index (χ1v) is 9.61. The highest BCUT2D eigenvalue weighted by molar-refractivity contribution is 7.86. The number of hydrogen-bond acceptors (Lipinski definition) is 4. The molecular formula is C14H27N3O3S. The molecule has 0 N–H and O–H groups in total. The van der Waals surface area contributed by atoms with Crippen molar-refractivity contribution in [1.29, 1.82) is 0 Å². The van der Waals surface area contributed by atoms with Gasteiger partial charge in [-0.2, -0.15) is 17.0 Å². The molecule has 3 saturated heterocycles. The van der Waals surface area contributed by atoms with Gasteiger partial charge in [-0.15, -0.1) is 0 Å². The van der Waals surface area contributed by atoms with Gasteiger partial charge in [-0.05, 0) is 38.1 Å². The molecule has 0 aromatic rings. The van der Waals surface area contributed by atoms with E-state index in [2.05, 4.69) is 4.90 Å². The molecule has 0 aromatic carbocycles. The van der Waals surface area contributed by atoms with Crippen molar-refractivity contribution < 1.29 is 13.2 Å². The molecule has 1 unspecified atom stereocenters. The molecule has 3 fully saturated rings. The highest BCUT2D eigenvalue weighted by Gasteiger charge is 2.33. The molecule has 0 radical (unpaired) electrons. The van der Waals surface area contributed by atoms with Gasteiger partial charge in [-0.1, -0.05) is 0 Å². The Kier molecular flexibility index (Phi) is 5.16. The minimum atomic E-state index is -3.22. The van der Waals surface area contributed by atoms with Crippen LogP contribution < -0.4 is 0 Å². The van der Waals surface area contributed by atoms with Crippen molar-refractivity contribution in [3.63, 3.8) is 0 Å². The van der Waals surface area contributed by atoms with Gasteiger partial charge in [0, 0.05) is 45.9 Å². The van der Waals surface area contributed by atoms with Gasteiger partial charge in [0.1, 0.15) is 0 Å². The molecule has 0 aromatic heterocycles. The van der Waals surface area contributed by atoms with Gasteiger partial charge >= 0.3 is 0 Å². The second kappa shape index (κ2) is 6.91. The van der Waals surface area contributed by atoms with Crippen LogP contribution in [0.1, 0.15) is 25.7 Å². The van der Waals surface area contributed by atoms with Crippen LogP contribution in [0.15, 0.2) is 0 Å². The quantitative estimate of drug-likeness (QED) is 0.752. The fourth-order valence-electron chi connectivity index (χ4n) is 3.54. The minimum absolute atomic E-state index is 0.631. The highest BCUT2D eigenvalue weighted by Crippen LogP contribution is 2.19. The van der Waals surface area contributed by atoms with Gasteiger partial charge in [0.05, 0.1) is 6.61 Å². The summed E-state index contributed by atoms with van der Waals surface area (Å²) in [5.41, 5.74) is 0. The molecule has 0 amide bonds. The van der Waals surface area contributed by atoms with E-state index >= 15 is 0 Å². The maximum atomic E-state index is 12.6. The van der Waals surface area contributed by atoms with E-state index in [0.29, 0.717) is 32.1 Å². The normalized spacial score (nSPS) is 30.8. The van der Waals surface area contributed by atoms with Crippen LogP contribution in [0.3, 0.4) is 0 Å². The summed E-state index contributed by atoms with van der Waals surface area (Å²) in [5, 5.41) is 0. The third-order valence-electron chi connectivity index (χ3n) is 4.81. The van der Waals surface area contributed by atoms with Crippen molar-refractivity contribution in [3.05, 3.63) is 0 Å². The first-order valence-electron chi connectivity index (χ1n) is 8.21. The number of ether oxygens (including phenoxy) is 1. The maximum absolute atomic E-state index is 12.6. The number of hydrogen-bond donors (Lipinski definition) is 0. The minimum Gasteiger partial charge on any atom is -0.381 e. The molecule has 1 atom stereocenters. The molecular weight excluding hydrogens is 290 g/mol. The lowest BCUT2D eigenvalue weighted by Gasteiger charge is -2.26. The monoisotopic (exact) mass is 317 g/mol. The molecule has 3 aliphatic heterocycles. The van der Waals surface area contributed by atoms with E-state index in [1.807, 2.05) is 0 Å². The fourth-order valence-corrected chi connectivity index (χ4v) is 5.25. The summed E-state index contributed by atoms with van der Waals surface area (Å²) in [6.45, 7) is 7.34. The van der Waals surface area contributed by atoms with Gasteiger partial charge in [0.2, 0.25) is 0 Å². The molecule has 0 saturated carbocycles. The summed E-state index contributed by atoms with van der Waals surface area (Å²) >= 11 is 0. The zero-order chi connectivity index (χ0) is 14.7. The average Bonchev–Trinajstić information content (AvgIpc) is 3.10. The summed E-state index contributed by atoms with van der Waals surface area (Å²) in [6, 6.07) is 0. The zero-order valence-electron chi connectivity index (χ0n) is 12.7. The predicted molar refractivity (Wildman–Crippen MR) is 81.3 cm³/mol. The molecule has 3 aliphatic rings. The van der Waals surface area contributed by atoms with Gasteiger partial charge < -0.3 is 9.64 Å². The van der Waals surface area contributed by atoms with Crippen molar-refractivity contribution in [1.82, 2.24) is 13.5 Å². The third kappa shape index (κ3) is 3.76. The Morgan fingerprint density at radius 2 is 1.62 bits per heavy atom. The van der Waals surface area contributed by atoms with E-state index in [-0.39, 0.29) is 0 Å². The summed E-state index contributed by atoms with van der Waals surface area (Å²) in [5.74, 6) is 0.631. The summed E-state index contributed by atoms with van der Waals surface area (Å²) in [7, 11) is -3.22. The smallest absolute Gasteiger partial charge is 0.282 e. The zero-order valence-corrected chi connectivity index (χ0v) is 13.6. The lowest BCUT2D eigenvalue weighted by Crippen LogP contribution is -2.44. The number of rotatable bonds is 4. The molecule has 0 bridgehead atoms. The van der Waals surface area contributed by atoms with Gasteiger partial charge in [-0.3, -0.25) is 0 Å². The van der Waals surface area contributed by atoms with Crippen LogP contribution in [-0.2, 0) is 14.9 Å². The Morgan fingerprint density at radius 1 is 0.905 bits per heavy atom. The highest BCUT2D eigenvalue weighted by atomic mass is 32.2. The van der Waals surface area contributed by atoms with E-state index in [0.717, 1.165) is 58.5 Å². The number of nitrogens with zero attached hydrogens (tertiary/aromatic N) is 3. The SMILES string of the molecule is O=S(=O)(N1CCCC1)N1CCCN(CC2CCOC2)CC1. The average molecular weight is 317 g/mol. The third-order valence-corrected chi connectivity index (χ3v) is 6.84. The van der Waals surface area contributed by atoms with Gasteiger partial charge in [0.15, 0.2) is 0 Å². The van der Waals surface area contributed by atoms with Gasteiger partial charge in [-0.25, -0.2) is 0 Å². The molecule has 0 aliphatic carbocycles. The van der Waals surface area contributed by atoms with Crippen LogP contribution in [0, 0.1) is 5.92 Å². The van der Waals surface area contributed by atoms with Crippen LogP contribution >= 0.6 is 0 Å². The predicted octanol–water partition coefficient (Wildman–Crippen LogP) is 0.371. The Labute approximate surface area is 128 Å². The van der Waals surface area contributed by atoms with E-state index in [1.54, 1.807) is 8.61 Å². The topological polar surface area (TPSA) is 53.1 Å². The lowest BCUT2D eigenvalue weighted by atomic mass is 10.1. The van der Waals surface area contributed by atoms with Crippen LogP contribution in [0.25, 0.3) is 0 Å². The van der Waals surface area contributed by atoms with Crippen LogP contribution in [0.2, 0.25) is 0 Å². The maximum Gasteiger partial charge on any atom is 0.282 e. The molecule has 3 rings (SSSR count). The summed E-state index contributed by atoms with van der Waals surface area (Å²) in [6.07, 6.45) is 4.08. The van der Waals surface area contributed by atoms with Crippen molar-refractivity contribution in [2.24, 2.45) is 5.92 Å². The second-order valence-corrected chi connectivity index (χ2v) is 8.33. The van der Waals surface area contributed by atoms with E-state index in [1.165, 1.54) is 0 Å². The molecule has 122 valence electrons. The second-order valence-electron chi connectivity index (χ2n) is 6.40. The van der Waals surface area contributed by atoms with E-state index in [9.17, 15) is 8.42 Å². The van der Waals surface area contributed by atoms with Crippen LogP contribution in [0.4, 0.5) is 0 Å². The molecule has 3 heterocycles. The molecule has 0 spiro atoms. The first-order chi connectivity index (χ1) is 10.2. The first kappa shape index (κ1) is 15.7. The Hall–Kier alpha value is -0.210. The summed E-state index contributed by atoms with van der Waals surface area (Å²) in [4.78, 5) is 2.42. The van der Waals surface area contributed by atoms with Crippen LogP contribution in [-0.4, -0.2) is 81.0 Å². The van der Waals surface area contributed by atoms with E-state index in [4.69, 9.17) is 4.74 Å². The fraction of sp³-hybridized carbons (Fsp3) is 1.00.